The van der Waals surface area contributed by atoms with E-state index in [4.69, 9.17) is 14.3 Å². The molecule has 0 unspecified atom stereocenters. The Morgan fingerprint density at radius 3 is 3.12 bits per heavy atom. The number of ether oxygens (including phenoxy) is 1. The fourth-order valence-electron chi connectivity index (χ4n) is 1.36. The fraction of sp³-hybridized carbons (Fsp3) is 0.636. The quantitative estimate of drug-likeness (QED) is 0.671. The van der Waals surface area contributed by atoms with Crippen molar-refractivity contribution >= 4 is 12.0 Å². The van der Waals surface area contributed by atoms with E-state index in [2.05, 4.69) is 10.3 Å². The van der Waals surface area contributed by atoms with E-state index in [1.165, 1.54) is 12.8 Å². The van der Waals surface area contributed by atoms with Gasteiger partial charge in [-0.3, -0.25) is 0 Å². The number of aromatic nitrogens is 1. The topological polar surface area (TPSA) is 84.6 Å². The monoisotopic (exact) mass is 240 g/mol. The second-order valence-electron chi connectivity index (χ2n) is 4.14. The Hall–Kier alpha value is -1.56. The van der Waals surface area contributed by atoms with Crippen LogP contribution in [0.25, 0.3) is 0 Å². The molecule has 0 radical (unpaired) electrons. The molecule has 1 heterocycles. The number of hydrogen-bond donors (Lipinski definition) is 2. The summed E-state index contributed by atoms with van der Waals surface area (Å²) in [6, 6.07) is 0.240. The van der Waals surface area contributed by atoms with Crippen molar-refractivity contribution in [3.8, 4) is 0 Å². The summed E-state index contributed by atoms with van der Waals surface area (Å²) in [4.78, 5) is 14.3. The molecule has 0 spiro atoms. The number of nitrogens with one attached hydrogen (secondary N) is 1. The third kappa shape index (κ3) is 4.07. The maximum absolute atomic E-state index is 10.5. The molecule has 0 amide bonds. The van der Waals surface area contributed by atoms with Crippen LogP contribution in [-0.2, 0) is 4.74 Å². The van der Waals surface area contributed by atoms with E-state index in [0.29, 0.717) is 13.2 Å². The van der Waals surface area contributed by atoms with Crippen molar-refractivity contribution in [3.05, 3.63) is 12.0 Å². The highest BCUT2D eigenvalue weighted by molar-refractivity contribution is 5.85. The van der Waals surface area contributed by atoms with Crippen molar-refractivity contribution in [2.75, 3.05) is 25.1 Å². The average Bonchev–Trinajstić information content (AvgIpc) is 3.00. The Kier molecular flexibility index (Phi) is 3.98. The molecule has 1 fully saturated rings. The van der Waals surface area contributed by atoms with Gasteiger partial charge in [0.25, 0.3) is 6.01 Å². The van der Waals surface area contributed by atoms with Crippen LogP contribution < -0.4 is 5.32 Å². The number of hydrogen-bond acceptors (Lipinski definition) is 5. The van der Waals surface area contributed by atoms with Crippen LogP contribution in [0.5, 0.6) is 0 Å². The summed E-state index contributed by atoms with van der Waals surface area (Å²) in [7, 11) is 0. The summed E-state index contributed by atoms with van der Waals surface area (Å²) >= 11 is 0. The predicted octanol–water partition coefficient (Wildman–Crippen LogP) is 1.60. The molecule has 1 saturated carbocycles. The number of carbonyl (C=O) groups is 1. The first-order valence-corrected chi connectivity index (χ1v) is 5.76. The normalized spacial score (nSPS) is 14.8. The van der Waals surface area contributed by atoms with Crippen molar-refractivity contribution in [2.45, 2.75) is 19.3 Å². The minimum Gasteiger partial charge on any atom is -0.476 e. The van der Waals surface area contributed by atoms with Crippen LogP contribution in [0.15, 0.2) is 10.7 Å². The number of anilines is 1. The second kappa shape index (κ2) is 5.67. The average molecular weight is 240 g/mol. The zero-order valence-corrected chi connectivity index (χ0v) is 9.52. The predicted molar refractivity (Wildman–Crippen MR) is 60.1 cm³/mol. The molecule has 6 heteroatoms. The lowest BCUT2D eigenvalue weighted by Crippen LogP contribution is -2.07. The Morgan fingerprint density at radius 1 is 1.65 bits per heavy atom. The highest BCUT2D eigenvalue weighted by atomic mass is 16.5. The molecular formula is C11H16N2O4. The van der Waals surface area contributed by atoms with Crippen molar-refractivity contribution in [1.82, 2.24) is 4.98 Å². The number of rotatable bonds is 8. The van der Waals surface area contributed by atoms with Crippen LogP contribution >= 0.6 is 0 Å². The van der Waals surface area contributed by atoms with Gasteiger partial charge >= 0.3 is 5.97 Å². The first-order chi connectivity index (χ1) is 8.25. The molecule has 1 aliphatic rings. The Labute approximate surface area is 99.0 Å². The molecule has 2 N–H and O–H groups in total. The van der Waals surface area contributed by atoms with Crippen molar-refractivity contribution in [3.63, 3.8) is 0 Å². The van der Waals surface area contributed by atoms with Gasteiger partial charge in [-0.15, -0.1) is 0 Å². The van der Waals surface area contributed by atoms with E-state index in [1.54, 1.807) is 0 Å². The van der Waals surface area contributed by atoms with E-state index in [9.17, 15) is 4.79 Å². The van der Waals surface area contributed by atoms with Crippen LogP contribution in [0.2, 0.25) is 0 Å². The number of aromatic carboxylic acids is 1. The molecule has 1 aromatic rings. The van der Waals surface area contributed by atoms with Crippen LogP contribution in [0.4, 0.5) is 6.01 Å². The van der Waals surface area contributed by atoms with E-state index in [0.717, 1.165) is 25.2 Å². The van der Waals surface area contributed by atoms with Gasteiger partial charge in [0, 0.05) is 19.8 Å². The highest BCUT2D eigenvalue weighted by Crippen LogP contribution is 2.28. The molecule has 17 heavy (non-hydrogen) atoms. The van der Waals surface area contributed by atoms with Gasteiger partial charge in [0.2, 0.25) is 0 Å². The lowest BCUT2D eigenvalue weighted by molar-refractivity contribution is 0.0690. The molecule has 6 nitrogen and oxygen atoms in total. The van der Waals surface area contributed by atoms with Crippen LogP contribution in [0, 0.1) is 5.92 Å². The SMILES string of the molecule is O=C(O)c1coc(NCCCOCC2CC2)n1. The van der Waals surface area contributed by atoms with E-state index < -0.39 is 5.97 Å². The molecule has 0 atom stereocenters. The zero-order chi connectivity index (χ0) is 12.1. The van der Waals surface area contributed by atoms with Gasteiger partial charge in [-0.1, -0.05) is 0 Å². The summed E-state index contributed by atoms with van der Waals surface area (Å²) in [5.41, 5.74) is -0.0857. The van der Waals surface area contributed by atoms with Gasteiger partial charge in [0.1, 0.15) is 6.26 Å². The second-order valence-corrected chi connectivity index (χ2v) is 4.14. The number of oxazole rings is 1. The number of carboxylic acid groups (broad SMARTS) is 1. The molecule has 1 aromatic heterocycles. The molecule has 0 aromatic carbocycles. The first-order valence-electron chi connectivity index (χ1n) is 5.76. The Morgan fingerprint density at radius 2 is 2.47 bits per heavy atom. The largest absolute Gasteiger partial charge is 0.476 e. The molecule has 0 bridgehead atoms. The molecule has 94 valence electrons. The third-order valence-corrected chi connectivity index (χ3v) is 2.52. The van der Waals surface area contributed by atoms with E-state index >= 15 is 0 Å². The maximum Gasteiger partial charge on any atom is 0.357 e. The first kappa shape index (κ1) is 11.9. The third-order valence-electron chi connectivity index (χ3n) is 2.52. The molecule has 0 saturated heterocycles. The minimum atomic E-state index is -1.09. The lowest BCUT2D eigenvalue weighted by Gasteiger charge is -2.03. The van der Waals surface area contributed by atoms with Gasteiger partial charge < -0.3 is 19.6 Å². The van der Waals surface area contributed by atoms with Gasteiger partial charge in [-0.2, -0.15) is 4.98 Å². The molecule has 0 aliphatic heterocycles. The van der Waals surface area contributed by atoms with Crippen molar-refractivity contribution < 1.29 is 19.1 Å². The Balaban J connectivity index is 1.55. The van der Waals surface area contributed by atoms with E-state index in [-0.39, 0.29) is 11.7 Å². The zero-order valence-electron chi connectivity index (χ0n) is 9.52. The summed E-state index contributed by atoms with van der Waals surface area (Å²) in [6.07, 6.45) is 4.56. The van der Waals surface area contributed by atoms with Gasteiger partial charge in [-0.25, -0.2) is 4.79 Å². The smallest absolute Gasteiger partial charge is 0.357 e. The number of nitrogens with zero attached hydrogens (tertiary/aromatic N) is 1. The minimum absolute atomic E-state index is 0.0857. The summed E-state index contributed by atoms with van der Waals surface area (Å²) < 4.78 is 10.4. The van der Waals surface area contributed by atoms with Gasteiger partial charge in [0.05, 0.1) is 0 Å². The summed E-state index contributed by atoms with van der Waals surface area (Å²) in [5, 5.41) is 11.5. The van der Waals surface area contributed by atoms with Gasteiger partial charge in [0.15, 0.2) is 5.69 Å². The maximum atomic E-state index is 10.5. The summed E-state index contributed by atoms with van der Waals surface area (Å²) in [5.74, 6) is -0.303. The van der Waals surface area contributed by atoms with Crippen LogP contribution in [-0.4, -0.2) is 35.8 Å². The summed E-state index contributed by atoms with van der Waals surface area (Å²) in [6.45, 7) is 2.22. The van der Waals surface area contributed by atoms with Crippen LogP contribution in [0.3, 0.4) is 0 Å². The van der Waals surface area contributed by atoms with Crippen molar-refractivity contribution in [1.29, 1.82) is 0 Å². The van der Waals surface area contributed by atoms with Crippen LogP contribution in [0.1, 0.15) is 29.8 Å². The lowest BCUT2D eigenvalue weighted by atomic mass is 10.4. The molecular weight excluding hydrogens is 224 g/mol. The van der Waals surface area contributed by atoms with E-state index in [1.807, 2.05) is 0 Å². The number of carboxylic acids is 1. The molecule has 2 rings (SSSR count). The van der Waals surface area contributed by atoms with Crippen molar-refractivity contribution in [2.24, 2.45) is 5.92 Å². The van der Waals surface area contributed by atoms with Gasteiger partial charge in [-0.05, 0) is 25.2 Å². The fourth-order valence-corrected chi connectivity index (χ4v) is 1.36. The Bertz CT molecular complexity index is 373. The standard InChI is InChI=1S/C11H16N2O4/c14-10(15)9-7-17-11(13-9)12-4-1-5-16-6-8-2-3-8/h7-8H,1-6H2,(H,12,13)(H,14,15). The molecule has 1 aliphatic carbocycles. The highest BCUT2D eigenvalue weighted by Gasteiger charge is 2.20.